The molecular weight excluding hydrogens is 410 g/mol. The van der Waals surface area contributed by atoms with Crippen molar-refractivity contribution in [3.63, 3.8) is 0 Å². The molecule has 27 heavy (non-hydrogen) atoms. The van der Waals surface area contributed by atoms with Crippen LogP contribution in [0.5, 0.6) is 0 Å². The van der Waals surface area contributed by atoms with Gasteiger partial charge in [0.15, 0.2) is 6.61 Å². The quantitative estimate of drug-likeness (QED) is 0.577. The summed E-state index contributed by atoms with van der Waals surface area (Å²) in [6.07, 6.45) is 0.795. The van der Waals surface area contributed by atoms with E-state index in [1.807, 2.05) is 55.5 Å². The number of aromatic nitrogens is 2. The molecule has 2 aromatic carbocycles. The van der Waals surface area contributed by atoms with Crippen LogP contribution in [0.1, 0.15) is 23.0 Å². The minimum atomic E-state index is -0.634. The number of amides is 1. The van der Waals surface area contributed by atoms with Crippen LogP contribution in [0.2, 0.25) is 0 Å². The first kappa shape index (κ1) is 18.8. The zero-order chi connectivity index (χ0) is 19.2. The van der Waals surface area contributed by atoms with Crippen LogP contribution in [-0.2, 0) is 16.0 Å². The number of carbonyl (C=O) groups is 2. The number of esters is 1. The molecule has 0 saturated carbocycles. The van der Waals surface area contributed by atoms with Crippen molar-refractivity contribution in [2.24, 2.45) is 0 Å². The zero-order valence-electron chi connectivity index (χ0n) is 14.7. The van der Waals surface area contributed by atoms with Crippen molar-refractivity contribution in [3.8, 4) is 11.3 Å². The van der Waals surface area contributed by atoms with E-state index in [2.05, 4.69) is 31.4 Å². The summed E-state index contributed by atoms with van der Waals surface area (Å²) in [5.41, 5.74) is 3.41. The van der Waals surface area contributed by atoms with Crippen molar-refractivity contribution in [2.45, 2.75) is 13.3 Å². The summed E-state index contributed by atoms with van der Waals surface area (Å²) >= 11 is 3.37. The Balaban J connectivity index is 1.58. The van der Waals surface area contributed by atoms with Crippen LogP contribution in [-0.4, -0.2) is 28.7 Å². The molecule has 6 nitrogen and oxygen atoms in total. The summed E-state index contributed by atoms with van der Waals surface area (Å²) in [4.78, 5) is 24.2. The van der Waals surface area contributed by atoms with E-state index >= 15 is 0 Å². The Kier molecular flexibility index (Phi) is 6.03. The number of nitrogens with one attached hydrogen (secondary N) is 2. The maximum Gasteiger partial charge on any atom is 0.356 e. The summed E-state index contributed by atoms with van der Waals surface area (Å²) in [5, 5.41) is 9.51. The van der Waals surface area contributed by atoms with Crippen molar-refractivity contribution < 1.29 is 14.3 Å². The van der Waals surface area contributed by atoms with E-state index in [1.54, 1.807) is 6.07 Å². The molecular formula is C20H18BrN3O3. The number of nitrogens with zero attached hydrogens (tertiary/aromatic N) is 1. The monoisotopic (exact) mass is 427 g/mol. The van der Waals surface area contributed by atoms with Crippen LogP contribution in [0.3, 0.4) is 0 Å². The molecule has 1 amide bonds. The second-order valence-corrected chi connectivity index (χ2v) is 6.72. The topological polar surface area (TPSA) is 84.1 Å². The van der Waals surface area contributed by atoms with Gasteiger partial charge in [0, 0.05) is 15.7 Å². The largest absolute Gasteiger partial charge is 0.451 e. The Labute approximate surface area is 165 Å². The fraction of sp³-hybridized carbons (Fsp3) is 0.150. The van der Waals surface area contributed by atoms with Crippen molar-refractivity contribution in [2.75, 3.05) is 11.9 Å². The first-order valence-corrected chi connectivity index (χ1v) is 9.22. The molecule has 3 rings (SSSR count). The van der Waals surface area contributed by atoms with Crippen molar-refractivity contribution in [1.29, 1.82) is 0 Å². The van der Waals surface area contributed by atoms with Gasteiger partial charge in [-0.15, -0.1) is 0 Å². The van der Waals surface area contributed by atoms with Crippen LogP contribution in [0.25, 0.3) is 11.3 Å². The third kappa shape index (κ3) is 4.83. The van der Waals surface area contributed by atoms with E-state index in [4.69, 9.17) is 4.74 Å². The summed E-state index contributed by atoms with van der Waals surface area (Å²) in [7, 11) is 0. The molecule has 2 N–H and O–H groups in total. The average Bonchev–Trinajstić information content (AvgIpc) is 3.17. The van der Waals surface area contributed by atoms with Crippen molar-refractivity contribution >= 4 is 33.5 Å². The predicted octanol–water partition coefficient (Wildman–Crippen LogP) is 4.20. The molecule has 0 radical (unpaired) electrons. The molecule has 0 atom stereocenters. The van der Waals surface area contributed by atoms with Gasteiger partial charge in [0.2, 0.25) is 0 Å². The summed E-state index contributed by atoms with van der Waals surface area (Å²) in [6.45, 7) is 1.63. The van der Waals surface area contributed by atoms with E-state index in [0.717, 1.165) is 27.7 Å². The average molecular weight is 428 g/mol. The van der Waals surface area contributed by atoms with Crippen LogP contribution < -0.4 is 5.32 Å². The smallest absolute Gasteiger partial charge is 0.356 e. The molecule has 0 unspecified atom stereocenters. The number of rotatable bonds is 6. The predicted molar refractivity (Wildman–Crippen MR) is 106 cm³/mol. The second kappa shape index (κ2) is 8.64. The molecule has 1 aromatic heterocycles. The first-order valence-electron chi connectivity index (χ1n) is 8.43. The fourth-order valence-corrected chi connectivity index (χ4v) is 2.80. The lowest BCUT2D eigenvalue weighted by Gasteiger charge is -2.09. The van der Waals surface area contributed by atoms with Crippen LogP contribution in [0.4, 0.5) is 5.69 Å². The lowest BCUT2D eigenvalue weighted by atomic mass is 10.1. The Morgan fingerprint density at radius 3 is 2.63 bits per heavy atom. The Bertz CT molecular complexity index is 951. The molecule has 7 heteroatoms. The lowest BCUT2D eigenvalue weighted by Crippen LogP contribution is -2.21. The highest BCUT2D eigenvalue weighted by molar-refractivity contribution is 9.10. The number of aryl methyl sites for hydroxylation is 1. The number of aromatic amines is 1. The van der Waals surface area contributed by atoms with E-state index < -0.39 is 11.9 Å². The molecule has 0 spiro atoms. The number of H-pyrrole nitrogens is 1. The van der Waals surface area contributed by atoms with Crippen LogP contribution >= 0.6 is 15.9 Å². The van der Waals surface area contributed by atoms with E-state index in [0.29, 0.717) is 5.69 Å². The maximum atomic E-state index is 12.1. The van der Waals surface area contributed by atoms with Gasteiger partial charge in [-0.1, -0.05) is 53.2 Å². The van der Waals surface area contributed by atoms with Crippen LogP contribution in [0.15, 0.2) is 59.1 Å². The minimum Gasteiger partial charge on any atom is -0.451 e. The number of hydrogen-bond acceptors (Lipinski definition) is 4. The van der Waals surface area contributed by atoms with E-state index in [1.165, 1.54) is 0 Å². The first-order chi connectivity index (χ1) is 13.1. The van der Waals surface area contributed by atoms with Gasteiger partial charge in [0.1, 0.15) is 5.69 Å². The van der Waals surface area contributed by atoms with Crippen molar-refractivity contribution in [1.82, 2.24) is 10.2 Å². The molecule has 1 heterocycles. The van der Waals surface area contributed by atoms with Gasteiger partial charge >= 0.3 is 5.97 Å². The molecule has 0 aliphatic rings. The van der Waals surface area contributed by atoms with Gasteiger partial charge in [-0.25, -0.2) is 4.79 Å². The standard InChI is InChI=1S/C20H18BrN3O3/c1-2-13-5-3-4-6-16(13)22-19(25)12-27-20(26)18-11-17(23-24-18)14-7-9-15(21)10-8-14/h3-11H,2,12H2,1H3,(H,22,25)(H,23,24). The molecule has 0 fully saturated rings. The van der Waals surface area contributed by atoms with Gasteiger partial charge in [0.05, 0.1) is 5.69 Å². The van der Waals surface area contributed by atoms with E-state index in [9.17, 15) is 9.59 Å². The molecule has 0 aliphatic carbocycles. The van der Waals surface area contributed by atoms with E-state index in [-0.39, 0.29) is 12.3 Å². The Morgan fingerprint density at radius 1 is 1.15 bits per heavy atom. The number of ether oxygens (including phenoxy) is 1. The summed E-state index contributed by atoms with van der Waals surface area (Å²) in [5.74, 6) is -1.03. The van der Waals surface area contributed by atoms with Gasteiger partial charge in [0.25, 0.3) is 5.91 Å². The normalized spacial score (nSPS) is 10.4. The third-order valence-corrected chi connectivity index (χ3v) is 4.47. The SMILES string of the molecule is CCc1ccccc1NC(=O)COC(=O)c1cc(-c2ccc(Br)cc2)n[nH]1. The Morgan fingerprint density at radius 2 is 1.89 bits per heavy atom. The van der Waals surface area contributed by atoms with Crippen LogP contribution in [0, 0.1) is 0 Å². The Hall–Kier alpha value is -2.93. The summed E-state index contributed by atoms with van der Waals surface area (Å²) < 4.78 is 6.03. The number of anilines is 1. The second-order valence-electron chi connectivity index (χ2n) is 5.81. The fourth-order valence-electron chi connectivity index (χ4n) is 2.54. The molecule has 138 valence electrons. The lowest BCUT2D eigenvalue weighted by molar-refractivity contribution is -0.119. The van der Waals surface area contributed by atoms with Gasteiger partial charge in [-0.3, -0.25) is 9.89 Å². The molecule has 0 aliphatic heterocycles. The number of para-hydroxylation sites is 1. The number of carbonyl (C=O) groups excluding carboxylic acids is 2. The number of hydrogen-bond donors (Lipinski definition) is 2. The maximum absolute atomic E-state index is 12.1. The third-order valence-electron chi connectivity index (χ3n) is 3.94. The highest BCUT2D eigenvalue weighted by atomic mass is 79.9. The number of halogens is 1. The van der Waals surface area contributed by atoms with Gasteiger partial charge in [-0.2, -0.15) is 5.10 Å². The molecule has 0 saturated heterocycles. The highest BCUT2D eigenvalue weighted by Gasteiger charge is 2.15. The zero-order valence-corrected chi connectivity index (χ0v) is 16.2. The number of benzene rings is 2. The molecule has 0 bridgehead atoms. The van der Waals surface area contributed by atoms with Crippen molar-refractivity contribution in [3.05, 3.63) is 70.3 Å². The van der Waals surface area contributed by atoms with Gasteiger partial charge < -0.3 is 10.1 Å². The highest BCUT2D eigenvalue weighted by Crippen LogP contribution is 2.20. The summed E-state index contributed by atoms with van der Waals surface area (Å²) in [6, 6.07) is 16.7. The van der Waals surface area contributed by atoms with Gasteiger partial charge in [-0.05, 0) is 36.2 Å². The molecule has 3 aromatic rings. The minimum absolute atomic E-state index is 0.190.